The van der Waals surface area contributed by atoms with E-state index in [0.717, 1.165) is 38.3 Å². The molecule has 1 aliphatic heterocycles. The van der Waals surface area contributed by atoms with Crippen LogP contribution in [0.4, 0.5) is 0 Å². The number of oxime groups is 1. The van der Waals surface area contributed by atoms with Crippen LogP contribution in [-0.4, -0.2) is 36.3 Å². The summed E-state index contributed by atoms with van der Waals surface area (Å²) in [5.74, 6) is 1.11. The minimum atomic E-state index is -0.238. The van der Waals surface area contributed by atoms with Gasteiger partial charge in [0, 0.05) is 18.1 Å². The van der Waals surface area contributed by atoms with Crippen LogP contribution in [-0.2, 0) is 4.74 Å². The van der Waals surface area contributed by atoms with Crippen molar-refractivity contribution in [2.24, 2.45) is 22.2 Å². The first-order valence-electron chi connectivity index (χ1n) is 7.37. The van der Waals surface area contributed by atoms with Crippen molar-refractivity contribution < 1.29 is 9.94 Å². The highest BCUT2D eigenvalue weighted by atomic mass is 16.5. The van der Waals surface area contributed by atoms with Crippen LogP contribution < -0.4 is 11.1 Å². The van der Waals surface area contributed by atoms with Crippen LogP contribution in [0.1, 0.15) is 46.0 Å². The van der Waals surface area contributed by atoms with Crippen molar-refractivity contribution in [2.45, 2.75) is 58.1 Å². The third kappa shape index (κ3) is 3.83. The Labute approximate surface area is 115 Å². The standard InChI is InChI=1S/C14H27N3O2/c1-14(2,13(15)17-18)7-3-8-16-11-6-9-19-12(11)10-4-5-10/h10-12,16,18H,3-9H2,1-2H3,(H2,15,17). The number of rotatable bonds is 7. The fourth-order valence-corrected chi connectivity index (χ4v) is 2.80. The number of hydrogen-bond donors (Lipinski definition) is 3. The fourth-order valence-electron chi connectivity index (χ4n) is 2.80. The Morgan fingerprint density at radius 2 is 2.16 bits per heavy atom. The van der Waals surface area contributed by atoms with Gasteiger partial charge in [0.25, 0.3) is 0 Å². The number of hydrogen-bond acceptors (Lipinski definition) is 4. The van der Waals surface area contributed by atoms with Crippen molar-refractivity contribution in [3.05, 3.63) is 0 Å². The zero-order valence-corrected chi connectivity index (χ0v) is 12.1. The Balaban J connectivity index is 1.66. The molecule has 1 heterocycles. The van der Waals surface area contributed by atoms with E-state index in [1.165, 1.54) is 12.8 Å². The molecule has 0 radical (unpaired) electrons. The first-order valence-corrected chi connectivity index (χ1v) is 7.37. The second-order valence-electron chi connectivity index (χ2n) is 6.49. The highest BCUT2D eigenvalue weighted by Crippen LogP contribution is 2.38. The molecule has 110 valence electrons. The van der Waals surface area contributed by atoms with Crippen LogP contribution in [0.2, 0.25) is 0 Å². The van der Waals surface area contributed by atoms with Crippen molar-refractivity contribution in [1.29, 1.82) is 0 Å². The van der Waals surface area contributed by atoms with Gasteiger partial charge in [0.2, 0.25) is 0 Å². The first kappa shape index (κ1) is 14.6. The Hall–Kier alpha value is -0.810. The maximum absolute atomic E-state index is 8.73. The zero-order chi connectivity index (χ0) is 13.9. The summed E-state index contributed by atoms with van der Waals surface area (Å²) in [5.41, 5.74) is 5.45. The normalized spacial score (nSPS) is 28.8. The van der Waals surface area contributed by atoms with E-state index in [9.17, 15) is 0 Å². The van der Waals surface area contributed by atoms with Gasteiger partial charge in [-0.2, -0.15) is 0 Å². The van der Waals surface area contributed by atoms with E-state index in [-0.39, 0.29) is 5.41 Å². The SMILES string of the molecule is CC(C)(CCCNC1CCOC1C1CC1)C(N)=NO. The fraction of sp³-hybridized carbons (Fsp3) is 0.929. The maximum Gasteiger partial charge on any atom is 0.144 e. The molecule has 2 unspecified atom stereocenters. The molecule has 2 fully saturated rings. The molecule has 0 bridgehead atoms. The lowest BCUT2D eigenvalue weighted by Crippen LogP contribution is -2.39. The molecule has 19 heavy (non-hydrogen) atoms. The topological polar surface area (TPSA) is 79.9 Å². The van der Waals surface area contributed by atoms with Crippen molar-refractivity contribution in [3.8, 4) is 0 Å². The molecule has 0 aromatic carbocycles. The highest BCUT2D eigenvalue weighted by molar-refractivity contribution is 5.85. The second kappa shape index (κ2) is 6.09. The minimum absolute atomic E-state index is 0.238. The molecule has 1 saturated heterocycles. The summed E-state index contributed by atoms with van der Waals surface area (Å²) in [6.45, 7) is 5.88. The molecule has 0 spiro atoms. The Morgan fingerprint density at radius 1 is 1.42 bits per heavy atom. The predicted molar refractivity (Wildman–Crippen MR) is 75.3 cm³/mol. The van der Waals surface area contributed by atoms with Crippen LogP contribution in [0.5, 0.6) is 0 Å². The zero-order valence-electron chi connectivity index (χ0n) is 12.1. The quantitative estimate of drug-likeness (QED) is 0.216. The molecule has 4 N–H and O–H groups in total. The van der Waals surface area contributed by atoms with E-state index in [2.05, 4.69) is 10.5 Å². The predicted octanol–water partition coefficient (Wildman–Crippen LogP) is 1.70. The van der Waals surface area contributed by atoms with Crippen LogP contribution in [0.3, 0.4) is 0 Å². The summed E-state index contributed by atoms with van der Waals surface area (Å²) in [4.78, 5) is 0. The van der Waals surface area contributed by atoms with Gasteiger partial charge in [-0.05, 0) is 44.6 Å². The van der Waals surface area contributed by atoms with Crippen molar-refractivity contribution >= 4 is 5.84 Å². The van der Waals surface area contributed by atoms with E-state index >= 15 is 0 Å². The molecule has 1 saturated carbocycles. The van der Waals surface area contributed by atoms with Gasteiger partial charge in [-0.25, -0.2) is 0 Å². The molecule has 5 nitrogen and oxygen atoms in total. The van der Waals surface area contributed by atoms with E-state index in [1.54, 1.807) is 0 Å². The van der Waals surface area contributed by atoms with Gasteiger partial charge in [0.15, 0.2) is 0 Å². The molecule has 2 rings (SSSR count). The van der Waals surface area contributed by atoms with Crippen LogP contribution >= 0.6 is 0 Å². The van der Waals surface area contributed by atoms with Crippen LogP contribution in [0.15, 0.2) is 5.16 Å². The molecule has 2 atom stereocenters. The summed E-state index contributed by atoms with van der Waals surface area (Å²) in [5, 5.41) is 15.5. The molecule has 5 heteroatoms. The third-order valence-electron chi connectivity index (χ3n) is 4.41. The molecular formula is C14H27N3O2. The molecule has 0 aromatic rings. The maximum atomic E-state index is 8.73. The van der Waals surface area contributed by atoms with E-state index < -0.39 is 0 Å². The average molecular weight is 269 g/mol. The third-order valence-corrected chi connectivity index (χ3v) is 4.41. The lowest BCUT2D eigenvalue weighted by molar-refractivity contribution is 0.0810. The average Bonchev–Trinajstić information content (AvgIpc) is 3.13. The Bertz CT molecular complexity index is 327. The smallest absolute Gasteiger partial charge is 0.144 e. The number of amidine groups is 1. The van der Waals surface area contributed by atoms with Gasteiger partial charge in [0.1, 0.15) is 5.84 Å². The van der Waals surface area contributed by atoms with E-state index in [1.807, 2.05) is 13.8 Å². The molecule has 1 aliphatic carbocycles. The van der Waals surface area contributed by atoms with Gasteiger partial charge < -0.3 is 21.0 Å². The summed E-state index contributed by atoms with van der Waals surface area (Å²) >= 11 is 0. The largest absolute Gasteiger partial charge is 0.409 e. The number of ether oxygens (including phenoxy) is 1. The Morgan fingerprint density at radius 3 is 2.79 bits per heavy atom. The summed E-state index contributed by atoms with van der Waals surface area (Å²) in [7, 11) is 0. The van der Waals surface area contributed by atoms with Crippen molar-refractivity contribution in [1.82, 2.24) is 5.32 Å². The lowest BCUT2D eigenvalue weighted by atomic mass is 9.86. The van der Waals surface area contributed by atoms with Gasteiger partial charge in [-0.3, -0.25) is 0 Å². The summed E-state index contributed by atoms with van der Waals surface area (Å²) in [6, 6.07) is 0.527. The van der Waals surface area contributed by atoms with Gasteiger partial charge in [-0.1, -0.05) is 19.0 Å². The van der Waals surface area contributed by atoms with E-state index in [4.69, 9.17) is 15.7 Å². The van der Waals surface area contributed by atoms with Gasteiger partial charge in [0.05, 0.1) is 6.10 Å². The van der Waals surface area contributed by atoms with Crippen LogP contribution in [0, 0.1) is 11.3 Å². The molecule has 0 aromatic heterocycles. The van der Waals surface area contributed by atoms with Crippen molar-refractivity contribution in [3.63, 3.8) is 0 Å². The first-order chi connectivity index (χ1) is 9.04. The number of nitrogens with zero attached hydrogens (tertiary/aromatic N) is 1. The van der Waals surface area contributed by atoms with Crippen LogP contribution in [0.25, 0.3) is 0 Å². The second-order valence-corrected chi connectivity index (χ2v) is 6.49. The molecule has 0 amide bonds. The van der Waals surface area contributed by atoms with Gasteiger partial charge in [-0.15, -0.1) is 0 Å². The minimum Gasteiger partial charge on any atom is -0.409 e. The molecular weight excluding hydrogens is 242 g/mol. The van der Waals surface area contributed by atoms with Crippen molar-refractivity contribution in [2.75, 3.05) is 13.2 Å². The monoisotopic (exact) mass is 269 g/mol. The van der Waals surface area contributed by atoms with E-state index in [0.29, 0.717) is 18.0 Å². The van der Waals surface area contributed by atoms with Gasteiger partial charge >= 0.3 is 0 Å². The summed E-state index contributed by atoms with van der Waals surface area (Å²) in [6.07, 6.45) is 6.18. The molecule has 2 aliphatic rings. The summed E-state index contributed by atoms with van der Waals surface area (Å²) < 4.78 is 5.81. The lowest BCUT2D eigenvalue weighted by Gasteiger charge is -2.24. The number of nitrogens with two attached hydrogens (primary N) is 1. The number of nitrogens with one attached hydrogen (secondary N) is 1. The Kier molecular flexibility index (Phi) is 4.68. The highest BCUT2D eigenvalue weighted by Gasteiger charge is 2.40.